The van der Waals surface area contributed by atoms with E-state index >= 15 is 0 Å². The number of pyridine rings is 1. The highest BCUT2D eigenvalue weighted by Crippen LogP contribution is 2.17. The first-order chi connectivity index (χ1) is 7.81. The fraction of sp³-hybridized carbons (Fsp3) is 0.500. The Morgan fingerprint density at radius 3 is 2.75 bits per heavy atom. The van der Waals surface area contributed by atoms with E-state index in [1.54, 1.807) is 0 Å². The first kappa shape index (κ1) is 10.9. The second kappa shape index (κ2) is 4.95. The highest BCUT2D eigenvalue weighted by atomic mass is 15.3. The molecule has 0 aromatic carbocycles. The van der Waals surface area contributed by atoms with Gasteiger partial charge < -0.3 is 4.90 Å². The topological polar surface area (TPSA) is 43.2 Å². The molecular weight excluding hydrogens is 200 g/mol. The molecule has 2 rings (SSSR count). The summed E-state index contributed by atoms with van der Waals surface area (Å²) in [6.45, 7) is 6.44. The Morgan fingerprint density at radius 2 is 2.12 bits per heavy atom. The highest BCUT2D eigenvalue weighted by Gasteiger charge is 2.18. The molecule has 2 heterocycles. The van der Waals surface area contributed by atoms with Crippen molar-refractivity contribution < 1.29 is 0 Å². The molecule has 0 radical (unpaired) electrons. The molecule has 1 saturated heterocycles. The second-order valence-electron chi connectivity index (χ2n) is 4.07. The van der Waals surface area contributed by atoms with Crippen molar-refractivity contribution in [3.8, 4) is 6.07 Å². The van der Waals surface area contributed by atoms with Crippen LogP contribution < -0.4 is 4.90 Å². The Labute approximate surface area is 96.1 Å². The average molecular weight is 216 g/mol. The van der Waals surface area contributed by atoms with E-state index in [0.29, 0.717) is 6.54 Å². The van der Waals surface area contributed by atoms with Crippen molar-refractivity contribution in [3.05, 3.63) is 23.9 Å². The molecule has 0 aliphatic carbocycles. The second-order valence-corrected chi connectivity index (χ2v) is 4.07. The molecule has 1 fully saturated rings. The number of aryl methyl sites for hydroxylation is 1. The fourth-order valence-electron chi connectivity index (χ4n) is 2.03. The highest BCUT2D eigenvalue weighted by molar-refractivity contribution is 5.46. The summed E-state index contributed by atoms with van der Waals surface area (Å²) in [5, 5.41) is 8.63. The third kappa shape index (κ3) is 2.31. The minimum absolute atomic E-state index is 0.537. The van der Waals surface area contributed by atoms with Crippen LogP contribution in [0.2, 0.25) is 0 Å². The summed E-state index contributed by atoms with van der Waals surface area (Å²) in [5.41, 5.74) is 1.22. The molecule has 1 aliphatic heterocycles. The third-order valence-corrected chi connectivity index (χ3v) is 2.95. The minimum Gasteiger partial charge on any atom is -0.354 e. The third-order valence-electron chi connectivity index (χ3n) is 2.95. The molecule has 84 valence electrons. The van der Waals surface area contributed by atoms with E-state index in [1.807, 2.05) is 12.3 Å². The van der Waals surface area contributed by atoms with Crippen LogP contribution in [0.5, 0.6) is 0 Å². The Hall–Kier alpha value is -1.60. The Balaban J connectivity index is 2.00. The van der Waals surface area contributed by atoms with Crippen LogP contribution in [0, 0.1) is 18.3 Å². The van der Waals surface area contributed by atoms with Crippen LogP contribution in [-0.2, 0) is 0 Å². The lowest BCUT2D eigenvalue weighted by Gasteiger charge is -2.34. The van der Waals surface area contributed by atoms with Gasteiger partial charge in [0.15, 0.2) is 0 Å². The summed E-state index contributed by atoms with van der Waals surface area (Å²) in [7, 11) is 0. The number of hydrogen-bond acceptors (Lipinski definition) is 4. The monoisotopic (exact) mass is 216 g/mol. The summed E-state index contributed by atoms with van der Waals surface area (Å²) in [4.78, 5) is 8.89. The van der Waals surface area contributed by atoms with Crippen molar-refractivity contribution in [2.24, 2.45) is 0 Å². The summed E-state index contributed by atoms with van der Waals surface area (Å²) < 4.78 is 0. The largest absolute Gasteiger partial charge is 0.354 e. The number of nitrogens with zero attached hydrogens (tertiary/aromatic N) is 4. The SMILES string of the molecule is Cc1cccnc1N1CCN(CC#N)CC1. The molecule has 1 aromatic rings. The lowest BCUT2D eigenvalue weighted by Crippen LogP contribution is -2.46. The Kier molecular flexibility index (Phi) is 3.37. The maximum atomic E-state index is 8.63. The molecule has 4 nitrogen and oxygen atoms in total. The number of nitriles is 1. The summed E-state index contributed by atoms with van der Waals surface area (Å²) in [6, 6.07) is 6.25. The van der Waals surface area contributed by atoms with Crippen molar-refractivity contribution in [3.63, 3.8) is 0 Å². The van der Waals surface area contributed by atoms with E-state index in [0.717, 1.165) is 32.0 Å². The number of piperazine rings is 1. The molecule has 0 saturated carbocycles. The molecule has 0 unspecified atom stereocenters. The van der Waals surface area contributed by atoms with Gasteiger partial charge in [-0.05, 0) is 18.6 Å². The van der Waals surface area contributed by atoms with Gasteiger partial charge in [-0.15, -0.1) is 0 Å². The smallest absolute Gasteiger partial charge is 0.131 e. The molecular formula is C12H16N4. The maximum absolute atomic E-state index is 8.63. The van der Waals surface area contributed by atoms with E-state index < -0.39 is 0 Å². The quantitative estimate of drug-likeness (QED) is 0.693. The van der Waals surface area contributed by atoms with E-state index in [2.05, 4.69) is 33.8 Å². The van der Waals surface area contributed by atoms with Gasteiger partial charge >= 0.3 is 0 Å². The molecule has 16 heavy (non-hydrogen) atoms. The van der Waals surface area contributed by atoms with Crippen LogP contribution in [0.25, 0.3) is 0 Å². The number of rotatable bonds is 2. The van der Waals surface area contributed by atoms with Gasteiger partial charge in [0.25, 0.3) is 0 Å². The van der Waals surface area contributed by atoms with E-state index in [4.69, 9.17) is 5.26 Å². The fourth-order valence-corrected chi connectivity index (χ4v) is 2.03. The number of anilines is 1. The predicted octanol–water partition coefficient (Wildman–Crippen LogP) is 1.04. The van der Waals surface area contributed by atoms with Crippen LogP contribution >= 0.6 is 0 Å². The van der Waals surface area contributed by atoms with Gasteiger partial charge in [0.05, 0.1) is 12.6 Å². The summed E-state index contributed by atoms with van der Waals surface area (Å²) in [6.07, 6.45) is 1.84. The van der Waals surface area contributed by atoms with E-state index in [-0.39, 0.29) is 0 Å². The zero-order valence-electron chi connectivity index (χ0n) is 9.56. The molecule has 0 N–H and O–H groups in total. The van der Waals surface area contributed by atoms with Crippen molar-refractivity contribution >= 4 is 5.82 Å². The lowest BCUT2D eigenvalue weighted by molar-refractivity contribution is 0.286. The molecule has 1 aromatic heterocycles. The van der Waals surface area contributed by atoms with Crippen LogP contribution in [0.3, 0.4) is 0 Å². The molecule has 0 amide bonds. The van der Waals surface area contributed by atoms with E-state index in [1.165, 1.54) is 5.56 Å². The van der Waals surface area contributed by atoms with Crippen molar-refractivity contribution in [2.75, 3.05) is 37.6 Å². The first-order valence-corrected chi connectivity index (χ1v) is 5.57. The summed E-state index contributed by atoms with van der Waals surface area (Å²) in [5.74, 6) is 1.08. The average Bonchev–Trinajstić information content (AvgIpc) is 2.31. The first-order valence-electron chi connectivity index (χ1n) is 5.57. The van der Waals surface area contributed by atoms with Crippen LogP contribution in [0.15, 0.2) is 18.3 Å². The normalized spacial score (nSPS) is 17.1. The van der Waals surface area contributed by atoms with Crippen molar-refractivity contribution in [2.45, 2.75) is 6.92 Å². The summed E-state index contributed by atoms with van der Waals surface area (Å²) >= 11 is 0. The van der Waals surface area contributed by atoms with Crippen molar-refractivity contribution in [1.29, 1.82) is 5.26 Å². The van der Waals surface area contributed by atoms with Crippen molar-refractivity contribution in [1.82, 2.24) is 9.88 Å². The molecule has 0 bridgehead atoms. The van der Waals surface area contributed by atoms with Gasteiger partial charge in [-0.2, -0.15) is 5.26 Å². The number of aromatic nitrogens is 1. The molecule has 4 heteroatoms. The minimum atomic E-state index is 0.537. The van der Waals surface area contributed by atoms with Gasteiger partial charge in [-0.3, -0.25) is 4.90 Å². The van der Waals surface area contributed by atoms with Gasteiger partial charge in [-0.25, -0.2) is 4.98 Å². The van der Waals surface area contributed by atoms with Gasteiger partial charge in [0.2, 0.25) is 0 Å². The molecule has 0 atom stereocenters. The number of hydrogen-bond donors (Lipinski definition) is 0. The molecule has 0 spiro atoms. The van der Waals surface area contributed by atoms with Crippen LogP contribution in [-0.4, -0.2) is 42.6 Å². The maximum Gasteiger partial charge on any atom is 0.131 e. The predicted molar refractivity (Wildman–Crippen MR) is 63.2 cm³/mol. The zero-order chi connectivity index (χ0) is 11.4. The Bertz CT molecular complexity index is 388. The standard InChI is InChI=1S/C12H16N4/c1-11-3-2-5-14-12(11)16-9-7-15(6-4-13)8-10-16/h2-3,5H,6-10H2,1H3. The molecule has 1 aliphatic rings. The van der Waals surface area contributed by atoms with E-state index in [9.17, 15) is 0 Å². The zero-order valence-corrected chi connectivity index (χ0v) is 9.56. The van der Waals surface area contributed by atoms with Gasteiger partial charge in [0, 0.05) is 32.4 Å². The lowest BCUT2D eigenvalue weighted by atomic mass is 10.2. The van der Waals surface area contributed by atoms with Crippen LogP contribution in [0.1, 0.15) is 5.56 Å². The van der Waals surface area contributed by atoms with Gasteiger partial charge in [0.1, 0.15) is 5.82 Å². The Morgan fingerprint density at radius 1 is 1.38 bits per heavy atom. The van der Waals surface area contributed by atoms with Crippen LogP contribution in [0.4, 0.5) is 5.82 Å². The van der Waals surface area contributed by atoms with Gasteiger partial charge in [-0.1, -0.05) is 6.07 Å².